The lowest BCUT2D eigenvalue weighted by molar-refractivity contribution is -0.126. The summed E-state index contributed by atoms with van der Waals surface area (Å²) in [5, 5.41) is 5.56. The van der Waals surface area contributed by atoms with Gasteiger partial charge in [0.1, 0.15) is 0 Å². The molecular formula is C26H30N2O3S. The molecule has 168 valence electrons. The van der Waals surface area contributed by atoms with Crippen LogP contribution in [0, 0.1) is 12.8 Å². The predicted octanol–water partition coefficient (Wildman–Crippen LogP) is 4.30. The first-order valence-corrected chi connectivity index (χ1v) is 12.7. The molecule has 1 N–H and O–H groups in total. The number of nitrogens with zero attached hydrogens (tertiary/aromatic N) is 1. The zero-order valence-electron chi connectivity index (χ0n) is 18.5. The van der Waals surface area contributed by atoms with Crippen LogP contribution in [-0.2, 0) is 21.2 Å². The number of amides is 1. The molecule has 1 aliphatic rings. The second kappa shape index (κ2) is 9.84. The minimum atomic E-state index is -3.50. The summed E-state index contributed by atoms with van der Waals surface area (Å²) < 4.78 is 27.2. The Morgan fingerprint density at radius 1 is 0.969 bits per heavy atom. The largest absolute Gasteiger partial charge is 0.356 e. The van der Waals surface area contributed by atoms with E-state index < -0.39 is 10.0 Å². The van der Waals surface area contributed by atoms with Crippen molar-refractivity contribution in [1.29, 1.82) is 0 Å². The molecule has 3 aromatic carbocycles. The summed E-state index contributed by atoms with van der Waals surface area (Å²) in [6.07, 6.45) is 2.90. The van der Waals surface area contributed by atoms with Gasteiger partial charge in [0.05, 0.1) is 4.90 Å². The number of piperidine rings is 1. The molecule has 0 atom stereocenters. The molecule has 0 aromatic heterocycles. The third-order valence-electron chi connectivity index (χ3n) is 6.29. The van der Waals surface area contributed by atoms with E-state index in [9.17, 15) is 13.2 Å². The summed E-state index contributed by atoms with van der Waals surface area (Å²) in [7, 11) is -3.50. The molecular weight excluding hydrogens is 420 g/mol. The minimum absolute atomic E-state index is 0.0373. The van der Waals surface area contributed by atoms with Crippen molar-refractivity contribution in [3.8, 4) is 0 Å². The number of hydrogen-bond acceptors (Lipinski definition) is 3. The molecule has 0 radical (unpaired) electrons. The monoisotopic (exact) mass is 450 g/mol. The summed E-state index contributed by atoms with van der Waals surface area (Å²) in [5.74, 6) is -0.0904. The van der Waals surface area contributed by atoms with E-state index in [1.807, 2.05) is 25.1 Å². The molecule has 1 amide bonds. The topological polar surface area (TPSA) is 66.5 Å². The average molecular weight is 451 g/mol. The zero-order chi connectivity index (χ0) is 22.6. The number of aryl methyl sites for hydroxylation is 2. The standard InChI is InChI=1S/C26H30N2O3S/c1-20-11-13-24(14-12-20)32(30,31)28-18-15-23(16-19-28)26(29)27-17-5-9-22-8-4-7-21-6-2-3-10-25(21)22/h2-4,6-8,10-14,23H,5,9,15-19H2,1H3,(H,27,29). The highest BCUT2D eigenvalue weighted by Crippen LogP contribution is 2.24. The maximum absolute atomic E-state index is 12.8. The summed E-state index contributed by atoms with van der Waals surface area (Å²) in [6.45, 7) is 3.32. The van der Waals surface area contributed by atoms with Crippen LogP contribution in [0.3, 0.4) is 0 Å². The van der Waals surface area contributed by atoms with Crippen molar-refractivity contribution >= 4 is 26.7 Å². The second-order valence-corrected chi connectivity index (χ2v) is 10.5. The van der Waals surface area contributed by atoms with Crippen molar-refractivity contribution in [2.45, 2.75) is 37.5 Å². The van der Waals surface area contributed by atoms with Gasteiger partial charge in [-0.15, -0.1) is 0 Å². The lowest BCUT2D eigenvalue weighted by atomic mass is 9.97. The molecule has 1 heterocycles. The van der Waals surface area contributed by atoms with Crippen LogP contribution in [0.2, 0.25) is 0 Å². The summed E-state index contributed by atoms with van der Waals surface area (Å²) >= 11 is 0. The fourth-order valence-corrected chi connectivity index (χ4v) is 5.83. The van der Waals surface area contributed by atoms with E-state index in [-0.39, 0.29) is 11.8 Å². The van der Waals surface area contributed by atoms with E-state index >= 15 is 0 Å². The first kappa shape index (κ1) is 22.5. The highest BCUT2D eigenvalue weighted by Gasteiger charge is 2.31. The van der Waals surface area contributed by atoms with Crippen molar-refractivity contribution in [2.75, 3.05) is 19.6 Å². The van der Waals surface area contributed by atoms with Crippen molar-refractivity contribution in [3.05, 3.63) is 77.9 Å². The molecule has 0 unspecified atom stereocenters. The first-order valence-electron chi connectivity index (χ1n) is 11.3. The minimum Gasteiger partial charge on any atom is -0.356 e. The third-order valence-corrected chi connectivity index (χ3v) is 8.20. The number of carbonyl (C=O) groups is 1. The molecule has 0 spiro atoms. The van der Waals surface area contributed by atoms with Gasteiger partial charge >= 0.3 is 0 Å². The van der Waals surface area contributed by atoms with Gasteiger partial charge < -0.3 is 5.32 Å². The van der Waals surface area contributed by atoms with Crippen LogP contribution >= 0.6 is 0 Å². The highest BCUT2D eigenvalue weighted by molar-refractivity contribution is 7.89. The summed E-state index contributed by atoms with van der Waals surface area (Å²) in [5.41, 5.74) is 2.33. The van der Waals surface area contributed by atoms with Crippen LogP contribution in [0.1, 0.15) is 30.4 Å². The highest BCUT2D eigenvalue weighted by atomic mass is 32.2. The van der Waals surface area contributed by atoms with Crippen molar-refractivity contribution < 1.29 is 13.2 Å². The Balaban J connectivity index is 1.24. The maximum Gasteiger partial charge on any atom is 0.243 e. The number of hydrogen-bond donors (Lipinski definition) is 1. The summed E-state index contributed by atoms with van der Waals surface area (Å²) in [6, 6.07) is 21.6. The molecule has 0 saturated carbocycles. The van der Waals surface area contributed by atoms with Gasteiger partial charge in [-0.3, -0.25) is 4.79 Å². The summed E-state index contributed by atoms with van der Waals surface area (Å²) in [4.78, 5) is 12.9. The lowest BCUT2D eigenvalue weighted by Gasteiger charge is -2.30. The quantitative estimate of drug-likeness (QED) is 0.546. The van der Waals surface area contributed by atoms with E-state index in [1.165, 1.54) is 20.6 Å². The number of carbonyl (C=O) groups excluding carboxylic acids is 1. The number of nitrogens with one attached hydrogen (secondary N) is 1. The van der Waals surface area contributed by atoms with Gasteiger partial charge in [-0.05, 0) is 61.1 Å². The first-order chi connectivity index (χ1) is 15.4. The predicted molar refractivity (Wildman–Crippen MR) is 128 cm³/mol. The molecule has 0 bridgehead atoms. The molecule has 32 heavy (non-hydrogen) atoms. The molecule has 1 fully saturated rings. The van der Waals surface area contributed by atoms with Gasteiger partial charge in [-0.2, -0.15) is 4.31 Å². The molecule has 5 nitrogen and oxygen atoms in total. The SMILES string of the molecule is Cc1ccc(S(=O)(=O)N2CCC(C(=O)NCCCc3cccc4ccccc34)CC2)cc1. The zero-order valence-corrected chi connectivity index (χ0v) is 19.3. The van der Waals surface area contributed by atoms with Gasteiger partial charge in [0.25, 0.3) is 0 Å². The van der Waals surface area contributed by atoms with Gasteiger partial charge in [0.2, 0.25) is 15.9 Å². The van der Waals surface area contributed by atoms with E-state index in [2.05, 4.69) is 41.7 Å². The number of sulfonamides is 1. The van der Waals surface area contributed by atoms with Crippen LogP contribution in [0.4, 0.5) is 0 Å². The Labute approximate surface area is 190 Å². The fourth-order valence-electron chi connectivity index (χ4n) is 4.36. The molecule has 6 heteroatoms. The Morgan fingerprint density at radius 3 is 2.41 bits per heavy atom. The van der Waals surface area contributed by atoms with Crippen LogP contribution in [-0.4, -0.2) is 38.3 Å². The van der Waals surface area contributed by atoms with Crippen LogP contribution in [0.15, 0.2) is 71.6 Å². The Kier molecular flexibility index (Phi) is 6.92. The molecule has 4 rings (SSSR count). The van der Waals surface area contributed by atoms with Gasteiger partial charge in [-0.25, -0.2) is 8.42 Å². The fraction of sp³-hybridized carbons (Fsp3) is 0.346. The van der Waals surface area contributed by atoms with Gasteiger partial charge in [0.15, 0.2) is 0 Å². The molecule has 1 saturated heterocycles. The Morgan fingerprint density at radius 2 is 1.66 bits per heavy atom. The lowest BCUT2D eigenvalue weighted by Crippen LogP contribution is -2.43. The smallest absolute Gasteiger partial charge is 0.243 e. The Hall–Kier alpha value is -2.70. The molecule has 0 aliphatic carbocycles. The van der Waals surface area contributed by atoms with Crippen molar-refractivity contribution in [1.82, 2.24) is 9.62 Å². The maximum atomic E-state index is 12.8. The van der Waals surface area contributed by atoms with Gasteiger partial charge in [0, 0.05) is 25.6 Å². The van der Waals surface area contributed by atoms with Crippen LogP contribution < -0.4 is 5.32 Å². The van der Waals surface area contributed by atoms with E-state index in [0.29, 0.717) is 37.4 Å². The molecule has 3 aromatic rings. The van der Waals surface area contributed by atoms with Crippen LogP contribution in [0.5, 0.6) is 0 Å². The number of fused-ring (bicyclic) bond motifs is 1. The van der Waals surface area contributed by atoms with Crippen molar-refractivity contribution in [3.63, 3.8) is 0 Å². The second-order valence-electron chi connectivity index (χ2n) is 8.52. The van der Waals surface area contributed by atoms with Crippen molar-refractivity contribution in [2.24, 2.45) is 5.92 Å². The molecule has 1 aliphatic heterocycles. The van der Waals surface area contributed by atoms with E-state index in [0.717, 1.165) is 18.4 Å². The normalized spacial score (nSPS) is 15.7. The van der Waals surface area contributed by atoms with Crippen LogP contribution in [0.25, 0.3) is 10.8 Å². The average Bonchev–Trinajstić information content (AvgIpc) is 2.82. The number of benzene rings is 3. The third kappa shape index (κ3) is 5.03. The van der Waals surface area contributed by atoms with E-state index in [1.54, 1.807) is 12.1 Å². The number of rotatable bonds is 7. The van der Waals surface area contributed by atoms with Gasteiger partial charge in [-0.1, -0.05) is 60.2 Å². The Bertz CT molecular complexity index is 1180. The van der Waals surface area contributed by atoms with E-state index in [4.69, 9.17) is 0 Å².